The van der Waals surface area contributed by atoms with E-state index in [9.17, 15) is 14.7 Å². The zero-order chi connectivity index (χ0) is 14.9. The summed E-state index contributed by atoms with van der Waals surface area (Å²) in [6.07, 6.45) is 0.525. The monoisotopic (exact) mass is 339 g/mol. The lowest BCUT2D eigenvalue weighted by molar-refractivity contribution is -0.155. The summed E-state index contributed by atoms with van der Waals surface area (Å²) in [6, 6.07) is 7.05. The Hall–Kier alpha value is -1.82. The highest BCUT2D eigenvalue weighted by Gasteiger charge is 2.43. The lowest BCUT2D eigenvalue weighted by Gasteiger charge is -2.32. The van der Waals surface area contributed by atoms with E-state index in [-0.39, 0.29) is 12.3 Å². The van der Waals surface area contributed by atoms with Crippen LogP contribution in [0.2, 0.25) is 0 Å². The van der Waals surface area contributed by atoms with Crippen LogP contribution < -0.4 is 0 Å². The second kappa shape index (κ2) is 5.28. The summed E-state index contributed by atoms with van der Waals surface area (Å²) in [6.45, 7) is 3.45. The number of hydrogen-bond acceptors (Lipinski definition) is 3. The SMILES string of the molecule is CCN(C=O)C(C)(C(=O)O)c1cc2cc(Br)ccc2o1. The van der Waals surface area contributed by atoms with E-state index in [4.69, 9.17) is 4.42 Å². The first-order valence-electron chi connectivity index (χ1n) is 6.08. The molecule has 1 heterocycles. The fourth-order valence-electron chi connectivity index (χ4n) is 2.12. The first-order valence-corrected chi connectivity index (χ1v) is 6.87. The van der Waals surface area contributed by atoms with Crippen molar-refractivity contribution in [1.29, 1.82) is 0 Å². The number of fused-ring (bicyclic) bond motifs is 1. The van der Waals surface area contributed by atoms with Gasteiger partial charge in [0.25, 0.3) is 0 Å². The van der Waals surface area contributed by atoms with Gasteiger partial charge in [0.15, 0.2) is 5.54 Å². The molecule has 0 aliphatic rings. The van der Waals surface area contributed by atoms with Crippen molar-refractivity contribution in [2.24, 2.45) is 0 Å². The summed E-state index contributed by atoms with van der Waals surface area (Å²) >= 11 is 3.35. The largest absolute Gasteiger partial charge is 0.479 e. The Morgan fingerprint density at radius 2 is 2.20 bits per heavy atom. The van der Waals surface area contributed by atoms with Crippen LogP contribution in [0.1, 0.15) is 19.6 Å². The number of nitrogens with zero attached hydrogens (tertiary/aromatic N) is 1. The summed E-state index contributed by atoms with van der Waals surface area (Å²) in [5.74, 6) is -0.906. The van der Waals surface area contributed by atoms with Gasteiger partial charge in [0.05, 0.1) is 0 Å². The van der Waals surface area contributed by atoms with Gasteiger partial charge in [0.1, 0.15) is 11.3 Å². The highest BCUT2D eigenvalue weighted by molar-refractivity contribution is 9.10. The highest BCUT2D eigenvalue weighted by atomic mass is 79.9. The summed E-state index contributed by atoms with van der Waals surface area (Å²) in [7, 11) is 0. The number of likely N-dealkylation sites (N-methyl/N-ethyl adjacent to an activating group) is 1. The number of benzene rings is 1. The van der Waals surface area contributed by atoms with Crippen molar-refractivity contribution < 1.29 is 19.1 Å². The van der Waals surface area contributed by atoms with Crippen molar-refractivity contribution in [1.82, 2.24) is 4.90 Å². The Morgan fingerprint density at radius 1 is 1.50 bits per heavy atom. The van der Waals surface area contributed by atoms with Crippen LogP contribution in [0, 0.1) is 0 Å². The molecule has 106 valence electrons. The molecule has 6 heteroatoms. The number of carboxylic acid groups (broad SMARTS) is 1. The van der Waals surface area contributed by atoms with Gasteiger partial charge in [-0.25, -0.2) is 4.79 Å². The van der Waals surface area contributed by atoms with Gasteiger partial charge in [0, 0.05) is 16.4 Å². The van der Waals surface area contributed by atoms with Crippen LogP contribution in [0.3, 0.4) is 0 Å². The number of furan rings is 1. The lowest BCUT2D eigenvalue weighted by Crippen LogP contribution is -2.48. The predicted molar refractivity (Wildman–Crippen MR) is 77.3 cm³/mol. The third kappa shape index (κ3) is 2.20. The molecule has 0 radical (unpaired) electrons. The van der Waals surface area contributed by atoms with Crippen molar-refractivity contribution in [3.8, 4) is 0 Å². The van der Waals surface area contributed by atoms with Crippen LogP contribution in [0.5, 0.6) is 0 Å². The molecule has 2 rings (SSSR count). The maximum atomic E-state index is 11.7. The first kappa shape index (κ1) is 14.6. The number of aliphatic carboxylic acids is 1. The summed E-state index contributed by atoms with van der Waals surface area (Å²) in [4.78, 5) is 24.0. The predicted octanol–water partition coefficient (Wildman–Crippen LogP) is 2.97. The normalized spacial score (nSPS) is 13.9. The van der Waals surface area contributed by atoms with Crippen LogP contribution in [0.25, 0.3) is 11.0 Å². The van der Waals surface area contributed by atoms with Crippen molar-refractivity contribution in [2.75, 3.05) is 6.54 Å². The van der Waals surface area contributed by atoms with Crippen molar-refractivity contribution >= 4 is 39.3 Å². The Bertz CT molecular complexity index is 666. The smallest absolute Gasteiger partial charge is 0.337 e. The van der Waals surface area contributed by atoms with Crippen molar-refractivity contribution in [3.63, 3.8) is 0 Å². The van der Waals surface area contributed by atoms with Crippen LogP contribution >= 0.6 is 15.9 Å². The maximum Gasteiger partial charge on any atom is 0.337 e. The maximum absolute atomic E-state index is 11.7. The third-order valence-electron chi connectivity index (χ3n) is 3.42. The molecular formula is C14H14BrNO4. The number of rotatable bonds is 5. The molecule has 0 aliphatic heterocycles. The molecule has 0 saturated heterocycles. The third-order valence-corrected chi connectivity index (χ3v) is 3.91. The fraction of sp³-hybridized carbons (Fsp3) is 0.286. The van der Waals surface area contributed by atoms with E-state index in [1.165, 1.54) is 11.8 Å². The topological polar surface area (TPSA) is 70.8 Å². The van der Waals surface area contributed by atoms with Gasteiger partial charge < -0.3 is 14.4 Å². The van der Waals surface area contributed by atoms with E-state index in [1.807, 2.05) is 12.1 Å². The van der Waals surface area contributed by atoms with E-state index in [1.54, 1.807) is 19.1 Å². The Morgan fingerprint density at radius 3 is 2.75 bits per heavy atom. The highest BCUT2D eigenvalue weighted by Crippen LogP contribution is 2.33. The number of carboxylic acids is 1. The van der Waals surface area contributed by atoms with Gasteiger partial charge >= 0.3 is 5.97 Å². The first-order chi connectivity index (χ1) is 9.43. The zero-order valence-electron chi connectivity index (χ0n) is 11.1. The van der Waals surface area contributed by atoms with Gasteiger partial charge in [-0.1, -0.05) is 15.9 Å². The van der Waals surface area contributed by atoms with E-state index in [0.717, 1.165) is 9.86 Å². The minimum absolute atomic E-state index is 0.229. The average Bonchev–Trinajstić information content (AvgIpc) is 2.82. The van der Waals surface area contributed by atoms with Gasteiger partial charge in [-0.05, 0) is 38.1 Å². The second-order valence-electron chi connectivity index (χ2n) is 4.56. The second-order valence-corrected chi connectivity index (χ2v) is 5.48. The van der Waals surface area contributed by atoms with Gasteiger partial charge in [-0.2, -0.15) is 0 Å². The number of hydrogen-bond donors (Lipinski definition) is 1. The van der Waals surface area contributed by atoms with Crippen LogP contribution in [0.15, 0.2) is 33.2 Å². The molecule has 0 saturated carbocycles. The summed E-state index contributed by atoms with van der Waals surface area (Å²) in [5, 5.41) is 10.3. The molecule has 0 spiro atoms. The van der Waals surface area contributed by atoms with Crippen LogP contribution in [-0.2, 0) is 15.1 Å². The molecule has 0 aliphatic carbocycles. The minimum atomic E-state index is -1.53. The number of halogens is 1. The van der Waals surface area contributed by atoms with Crippen molar-refractivity contribution in [3.05, 3.63) is 34.5 Å². The molecular weight excluding hydrogens is 326 g/mol. The molecule has 1 aromatic carbocycles. The molecule has 0 fully saturated rings. The number of carbonyl (C=O) groups is 2. The minimum Gasteiger partial charge on any atom is -0.479 e. The molecule has 5 nitrogen and oxygen atoms in total. The van der Waals surface area contributed by atoms with Crippen LogP contribution in [0.4, 0.5) is 0 Å². The Labute approximate surface area is 124 Å². The van der Waals surface area contributed by atoms with E-state index in [2.05, 4.69) is 15.9 Å². The molecule has 2 aromatic rings. The number of amides is 1. The van der Waals surface area contributed by atoms with Crippen LogP contribution in [-0.4, -0.2) is 28.9 Å². The molecule has 1 unspecified atom stereocenters. The molecule has 0 bridgehead atoms. The van der Waals surface area contributed by atoms with E-state index >= 15 is 0 Å². The van der Waals surface area contributed by atoms with E-state index in [0.29, 0.717) is 12.0 Å². The Kier molecular flexibility index (Phi) is 3.85. The quantitative estimate of drug-likeness (QED) is 0.850. The molecule has 20 heavy (non-hydrogen) atoms. The molecule has 1 aromatic heterocycles. The molecule has 1 N–H and O–H groups in total. The number of carbonyl (C=O) groups excluding carboxylic acids is 1. The Balaban J connectivity index is 2.62. The molecule has 1 amide bonds. The summed E-state index contributed by atoms with van der Waals surface area (Å²) < 4.78 is 6.50. The zero-order valence-corrected chi connectivity index (χ0v) is 12.7. The lowest BCUT2D eigenvalue weighted by atomic mass is 9.96. The summed E-state index contributed by atoms with van der Waals surface area (Å²) in [5.41, 5.74) is -0.945. The standard InChI is InChI=1S/C14H14BrNO4/c1-3-16(8-17)14(2,13(18)19)12-7-9-6-10(15)4-5-11(9)20-12/h4-8H,3H2,1-2H3,(H,18,19). The van der Waals surface area contributed by atoms with Gasteiger partial charge in [0.2, 0.25) is 6.41 Å². The van der Waals surface area contributed by atoms with Gasteiger partial charge in [-0.3, -0.25) is 4.79 Å². The van der Waals surface area contributed by atoms with Crippen molar-refractivity contribution in [2.45, 2.75) is 19.4 Å². The van der Waals surface area contributed by atoms with Gasteiger partial charge in [-0.15, -0.1) is 0 Å². The average molecular weight is 340 g/mol. The fourth-order valence-corrected chi connectivity index (χ4v) is 2.50. The van der Waals surface area contributed by atoms with E-state index < -0.39 is 11.5 Å². The molecule has 1 atom stereocenters.